The van der Waals surface area contributed by atoms with E-state index in [-0.39, 0.29) is 12.5 Å². The average Bonchev–Trinajstić information content (AvgIpc) is 2.99. The van der Waals surface area contributed by atoms with Gasteiger partial charge in [-0.1, -0.05) is 6.07 Å². The van der Waals surface area contributed by atoms with Crippen molar-refractivity contribution in [3.05, 3.63) is 46.3 Å². The Morgan fingerprint density at radius 3 is 2.46 bits per heavy atom. The van der Waals surface area contributed by atoms with Crippen LogP contribution in [0.25, 0.3) is 0 Å². The van der Waals surface area contributed by atoms with Crippen LogP contribution in [0.5, 0.6) is 11.5 Å². The van der Waals surface area contributed by atoms with E-state index in [4.69, 9.17) is 18.6 Å². The SMILES string of the molecule is COC(=O)CN(Cc1cocc1Br)Cc1ccc(OC)cc1OC. The smallest absolute Gasteiger partial charge is 0.319 e. The van der Waals surface area contributed by atoms with Gasteiger partial charge >= 0.3 is 5.97 Å². The van der Waals surface area contributed by atoms with Gasteiger partial charge in [0, 0.05) is 30.3 Å². The molecule has 0 fully saturated rings. The van der Waals surface area contributed by atoms with E-state index < -0.39 is 0 Å². The molecular weight excluding hydrogens is 378 g/mol. The van der Waals surface area contributed by atoms with E-state index in [9.17, 15) is 4.79 Å². The van der Waals surface area contributed by atoms with E-state index in [0.717, 1.165) is 15.6 Å². The van der Waals surface area contributed by atoms with Crippen LogP contribution in [0.15, 0.2) is 39.6 Å². The minimum atomic E-state index is -0.304. The lowest BCUT2D eigenvalue weighted by Gasteiger charge is -2.22. The molecule has 2 rings (SSSR count). The van der Waals surface area contributed by atoms with Gasteiger partial charge in [0.1, 0.15) is 17.8 Å². The van der Waals surface area contributed by atoms with Crippen LogP contribution in [0.3, 0.4) is 0 Å². The molecule has 0 radical (unpaired) electrons. The van der Waals surface area contributed by atoms with Gasteiger partial charge in [-0.3, -0.25) is 9.69 Å². The maximum absolute atomic E-state index is 11.7. The number of ether oxygens (including phenoxy) is 3. The van der Waals surface area contributed by atoms with E-state index in [0.29, 0.717) is 24.6 Å². The van der Waals surface area contributed by atoms with Gasteiger partial charge in [0.15, 0.2) is 0 Å². The molecule has 1 aromatic carbocycles. The molecule has 0 aliphatic heterocycles. The number of benzene rings is 1. The molecule has 7 heteroatoms. The minimum absolute atomic E-state index is 0.156. The maximum atomic E-state index is 11.7. The first kappa shape index (κ1) is 18.4. The third kappa shape index (κ3) is 4.75. The zero-order valence-corrected chi connectivity index (χ0v) is 15.5. The summed E-state index contributed by atoms with van der Waals surface area (Å²) in [5.41, 5.74) is 1.90. The zero-order chi connectivity index (χ0) is 17.5. The Morgan fingerprint density at radius 2 is 1.88 bits per heavy atom. The quantitative estimate of drug-likeness (QED) is 0.637. The molecule has 0 amide bonds. The van der Waals surface area contributed by atoms with E-state index in [1.165, 1.54) is 7.11 Å². The third-order valence-corrected chi connectivity index (χ3v) is 4.25. The average molecular weight is 398 g/mol. The van der Waals surface area contributed by atoms with Crippen LogP contribution in [0.2, 0.25) is 0 Å². The van der Waals surface area contributed by atoms with Gasteiger partial charge in [0.05, 0.1) is 38.6 Å². The normalized spacial score (nSPS) is 10.7. The van der Waals surface area contributed by atoms with Gasteiger partial charge in [-0.2, -0.15) is 0 Å². The number of hydrogen-bond acceptors (Lipinski definition) is 6. The molecule has 130 valence electrons. The molecule has 1 aromatic heterocycles. The number of carbonyl (C=O) groups excluding carboxylic acids is 1. The third-order valence-electron chi connectivity index (χ3n) is 3.55. The summed E-state index contributed by atoms with van der Waals surface area (Å²) in [6, 6.07) is 5.60. The Morgan fingerprint density at radius 1 is 1.12 bits per heavy atom. The number of esters is 1. The summed E-state index contributed by atoms with van der Waals surface area (Å²) in [5.74, 6) is 1.12. The summed E-state index contributed by atoms with van der Waals surface area (Å²) in [5, 5.41) is 0. The highest BCUT2D eigenvalue weighted by atomic mass is 79.9. The van der Waals surface area contributed by atoms with Crippen molar-refractivity contribution in [1.29, 1.82) is 0 Å². The summed E-state index contributed by atoms with van der Waals surface area (Å²) in [4.78, 5) is 13.7. The van der Waals surface area contributed by atoms with Crippen LogP contribution in [-0.2, 0) is 22.6 Å². The number of nitrogens with zero attached hydrogens (tertiary/aromatic N) is 1. The van der Waals surface area contributed by atoms with Crippen LogP contribution in [0.1, 0.15) is 11.1 Å². The highest BCUT2D eigenvalue weighted by Crippen LogP contribution is 2.27. The highest BCUT2D eigenvalue weighted by Gasteiger charge is 2.17. The Labute approximate surface area is 149 Å². The highest BCUT2D eigenvalue weighted by molar-refractivity contribution is 9.10. The summed E-state index contributed by atoms with van der Waals surface area (Å²) < 4.78 is 21.5. The van der Waals surface area contributed by atoms with Gasteiger partial charge in [0.2, 0.25) is 0 Å². The molecule has 0 atom stereocenters. The number of carbonyl (C=O) groups is 1. The van der Waals surface area contributed by atoms with Gasteiger partial charge in [-0.05, 0) is 22.0 Å². The molecule has 24 heavy (non-hydrogen) atoms. The predicted octanol–water partition coefficient (Wildman–Crippen LogP) is 3.23. The number of furan rings is 1. The van der Waals surface area contributed by atoms with Crippen molar-refractivity contribution >= 4 is 21.9 Å². The fourth-order valence-corrected chi connectivity index (χ4v) is 2.63. The van der Waals surface area contributed by atoms with Crippen molar-refractivity contribution in [3.63, 3.8) is 0 Å². The molecule has 6 nitrogen and oxygen atoms in total. The number of methoxy groups -OCH3 is 3. The number of halogens is 1. The molecule has 2 aromatic rings. The van der Waals surface area contributed by atoms with Crippen LogP contribution in [-0.4, -0.2) is 38.7 Å². The second kappa shape index (κ2) is 8.75. The van der Waals surface area contributed by atoms with Gasteiger partial charge in [-0.25, -0.2) is 0 Å². The van der Waals surface area contributed by atoms with E-state index in [1.54, 1.807) is 26.7 Å². The van der Waals surface area contributed by atoms with Gasteiger partial charge in [0.25, 0.3) is 0 Å². The van der Waals surface area contributed by atoms with Crippen LogP contribution in [0.4, 0.5) is 0 Å². The molecule has 0 aliphatic carbocycles. The Hall–Kier alpha value is -1.99. The molecular formula is C17H20BrNO5. The first-order valence-corrected chi connectivity index (χ1v) is 8.07. The number of hydrogen-bond donors (Lipinski definition) is 0. The summed E-state index contributed by atoms with van der Waals surface area (Å²) in [7, 11) is 4.59. The maximum Gasteiger partial charge on any atom is 0.319 e. The van der Waals surface area contributed by atoms with Crippen molar-refractivity contribution in [2.45, 2.75) is 13.1 Å². The largest absolute Gasteiger partial charge is 0.497 e. The molecule has 0 unspecified atom stereocenters. The standard InChI is InChI=1S/C17H20BrNO5/c1-21-14-5-4-12(16(6-14)22-2)7-19(9-17(20)23-3)8-13-10-24-11-15(13)18/h4-6,10-11H,7-9H2,1-3H3. The first-order chi connectivity index (χ1) is 11.6. The summed E-state index contributed by atoms with van der Waals surface area (Å²) in [6.45, 7) is 1.20. The van der Waals surface area contributed by atoms with Crippen LogP contribution < -0.4 is 9.47 Å². The molecule has 1 heterocycles. The van der Waals surface area contributed by atoms with E-state index >= 15 is 0 Å². The monoisotopic (exact) mass is 397 g/mol. The fourth-order valence-electron chi connectivity index (χ4n) is 2.30. The second-order valence-corrected chi connectivity index (χ2v) is 6.00. The van der Waals surface area contributed by atoms with Gasteiger partial charge in [-0.15, -0.1) is 0 Å². The molecule has 0 saturated heterocycles. The van der Waals surface area contributed by atoms with Gasteiger partial charge < -0.3 is 18.6 Å². The molecule has 0 bridgehead atoms. The van der Waals surface area contributed by atoms with E-state index in [1.807, 2.05) is 23.1 Å². The lowest BCUT2D eigenvalue weighted by atomic mass is 10.1. The molecule has 0 spiro atoms. The zero-order valence-electron chi connectivity index (χ0n) is 13.9. The summed E-state index contributed by atoms with van der Waals surface area (Å²) >= 11 is 3.43. The van der Waals surface area contributed by atoms with Crippen molar-refractivity contribution in [2.75, 3.05) is 27.9 Å². The fraction of sp³-hybridized carbons (Fsp3) is 0.353. The van der Waals surface area contributed by atoms with E-state index in [2.05, 4.69) is 15.9 Å². The Balaban J connectivity index is 2.21. The Bertz CT molecular complexity index is 685. The van der Waals surface area contributed by atoms with Crippen LogP contribution in [0, 0.1) is 0 Å². The van der Waals surface area contributed by atoms with Crippen LogP contribution >= 0.6 is 15.9 Å². The summed E-state index contributed by atoms with van der Waals surface area (Å²) in [6.07, 6.45) is 3.26. The minimum Gasteiger partial charge on any atom is -0.497 e. The number of rotatable bonds is 8. The van der Waals surface area contributed by atoms with Crippen molar-refractivity contribution in [2.24, 2.45) is 0 Å². The topological polar surface area (TPSA) is 61.1 Å². The molecule has 0 N–H and O–H groups in total. The lowest BCUT2D eigenvalue weighted by molar-refractivity contribution is -0.142. The Kier molecular flexibility index (Phi) is 6.69. The van der Waals surface area contributed by atoms with Crippen molar-refractivity contribution < 1.29 is 23.4 Å². The lowest BCUT2D eigenvalue weighted by Crippen LogP contribution is -2.30. The molecule has 0 saturated carbocycles. The first-order valence-electron chi connectivity index (χ1n) is 7.28. The van der Waals surface area contributed by atoms with Crippen molar-refractivity contribution in [1.82, 2.24) is 4.90 Å². The molecule has 0 aliphatic rings. The second-order valence-electron chi connectivity index (χ2n) is 5.14. The predicted molar refractivity (Wildman–Crippen MR) is 92.1 cm³/mol. The van der Waals surface area contributed by atoms with Crippen molar-refractivity contribution in [3.8, 4) is 11.5 Å².